The molecule has 1 N–H and O–H groups in total. The molecule has 0 saturated heterocycles. The van der Waals surface area contributed by atoms with Crippen LogP contribution in [0.1, 0.15) is 20.3 Å². The summed E-state index contributed by atoms with van der Waals surface area (Å²) in [5, 5.41) is 11.8. The van der Waals surface area contributed by atoms with Crippen LogP contribution in [0.15, 0.2) is 18.2 Å². The monoisotopic (exact) mass is 218 g/mol. The molecule has 1 atom stereocenters. The molecule has 4 nitrogen and oxygen atoms in total. The maximum atomic E-state index is 8.66. The van der Waals surface area contributed by atoms with Gasteiger partial charge in [-0.15, -0.1) is 0 Å². The summed E-state index contributed by atoms with van der Waals surface area (Å²) in [6.45, 7) is 4.91. The first-order chi connectivity index (χ1) is 7.69. The predicted octanol–water partition coefficient (Wildman–Crippen LogP) is 2.25. The Morgan fingerprint density at radius 1 is 1.56 bits per heavy atom. The fourth-order valence-corrected chi connectivity index (χ4v) is 1.39. The molecule has 0 aromatic carbocycles. The quantitative estimate of drug-likeness (QED) is 0.823. The number of aromatic nitrogens is 1. The van der Waals surface area contributed by atoms with Crippen LogP contribution in [0.5, 0.6) is 0 Å². The van der Waals surface area contributed by atoms with E-state index in [1.165, 1.54) is 0 Å². The van der Waals surface area contributed by atoms with Crippen LogP contribution >= 0.6 is 0 Å². The Hall–Kier alpha value is -1.76. The highest BCUT2D eigenvalue weighted by molar-refractivity contribution is 5.47. The van der Waals surface area contributed by atoms with Crippen molar-refractivity contribution in [3.63, 3.8) is 0 Å². The summed E-state index contributed by atoms with van der Waals surface area (Å²) in [6, 6.07) is 8.21. The van der Waals surface area contributed by atoms with Crippen molar-refractivity contribution < 1.29 is 0 Å². The molecular formula is C12H18N4. The predicted molar refractivity (Wildman–Crippen MR) is 66.5 cm³/mol. The van der Waals surface area contributed by atoms with Crippen molar-refractivity contribution >= 4 is 11.6 Å². The number of nitriles is 1. The average Bonchev–Trinajstić information content (AvgIpc) is 2.29. The lowest BCUT2D eigenvalue weighted by Gasteiger charge is -2.24. The Balaban J connectivity index is 2.79. The summed E-state index contributed by atoms with van der Waals surface area (Å²) >= 11 is 0. The largest absolute Gasteiger partial charge is 0.370 e. The number of nitrogens with one attached hydrogen (secondary N) is 1. The zero-order chi connectivity index (χ0) is 12.0. The lowest BCUT2D eigenvalue weighted by molar-refractivity contribution is 0.694. The minimum Gasteiger partial charge on any atom is -0.370 e. The summed E-state index contributed by atoms with van der Waals surface area (Å²) in [5.74, 6) is 1.76. The molecular weight excluding hydrogens is 200 g/mol. The second-order valence-electron chi connectivity index (χ2n) is 3.73. The van der Waals surface area contributed by atoms with Gasteiger partial charge in [-0.3, -0.25) is 0 Å². The second kappa shape index (κ2) is 5.96. The second-order valence-corrected chi connectivity index (χ2v) is 3.73. The number of nitrogens with zero attached hydrogens (tertiary/aromatic N) is 3. The van der Waals surface area contributed by atoms with Crippen molar-refractivity contribution in [1.29, 1.82) is 5.26 Å². The number of rotatable bonds is 5. The number of pyridine rings is 1. The topological polar surface area (TPSA) is 52.0 Å². The van der Waals surface area contributed by atoms with Gasteiger partial charge in [-0.2, -0.15) is 5.26 Å². The van der Waals surface area contributed by atoms with E-state index >= 15 is 0 Å². The zero-order valence-corrected chi connectivity index (χ0v) is 10.1. The molecule has 0 aliphatic carbocycles. The zero-order valence-electron chi connectivity index (χ0n) is 10.1. The summed E-state index contributed by atoms with van der Waals surface area (Å²) in [6.07, 6.45) is 0.504. The van der Waals surface area contributed by atoms with Crippen LogP contribution in [-0.4, -0.2) is 24.6 Å². The van der Waals surface area contributed by atoms with Crippen molar-refractivity contribution in [2.45, 2.75) is 26.3 Å². The van der Waals surface area contributed by atoms with Gasteiger partial charge < -0.3 is 10.2 Å². The highest BCUT2D eigenvalue weighted by Gasteiger charge is 2.10. The maximum Gasteiger partial charge on any atom is 0.130 e. The molecule has 1 aromatic rings. The normalized spacial score (nSPS) is 11.6. The molecule has 0 spiro atoms. The smallest absolute Gasteiger partial charge is 0.130 e. The Morgan fingerprint density at radius 3 is 2.94 bits per heavy atom. The van der Waals surface area contributed by atoms with E-state index < -0.39 is 0 Å². The van der Waals surface area contributed by atoms with E-state index in [0.29, 0.717) is 6.42 Å². The van der Waals surface area contributed by atoms with Gasteiger partial charge in [-0.25, -0.2) is 4.98 Å². The lowest BCUT2D eigenvalue weighted by atomic mass is 10.2. The first-order valence-electron chi connectivity index (χ1n) is 5.49. The van der Waals surface area contributed by atoms with Crippen LogP contribution in [0.2, 0.25) is 0 Å². The molecule has 1 heterocycles. The Bertz CT molecular complexity index is 370. The minimum atomic E-state index is 0.175. The minimum absolute atomic E-state index is 0.175. The molecule has 0 fully saturated rings. The van der Waals surface area contributed by atoms with E-state index in [4.69, 9.17) is 5.26 Å². The third-order valence-corrected chi connectivity index (χ3v) is 2.50. The van der Waals surface area contributed by atoms with Gasteiger partial charge in [-0.1, -0.05) is 6.07 Å². The molecule has 1 rings (SSSR count). The molecule has 16 heavy (non-hydrogen) atoms. The standard InChI is InChI=1S/C12H18N4/c1-4-14-11-6-5-7-12(15-11)16(3)10(2)8-9-13/h5-7,10H,4,8H2,1-3H3,(H,14,15). The van der Waals surface area contributed by atoms with Crippen molar-refractivity contribution in [3.8, 4) is 6.07 Å². The lowest BCUT2D eigenvalue weighted by Crippen LogP contribution is -2.29. The summed E-state index contributed by atoms with van der Waals surface area (Å²) in [5.41, 5.74) is 0. The van der Waals surface area contributed by atoms with Gasteiger partial charge in [0.25, 0.3) is 0 Å². The van der Waals surface area contributed by atoms with Crippen LogP contribution in [0, 0.1) is 11.3 Å². The van der Waals surface area contributed by atoms with Gasteiger partial charge >= 0.3 is 0 Å². The molecule has 1 aromatic heterocycles. The van der Waals surface area contributed by atoms with E-state index in [0.717, 1.165) is 18.2 Å². The van der Waals surface area contributed by atoms with E-state index in [9.17, 15) is 0 Å². The molecule has 0 bridgehead atoms. The summed E-state index contributed by atoms with van der Waals surface area (Å²) in [7, 11) is 1.96. The average molecular weight is 218 g/mol. The Kier molecular flexibility index (Phi) is 4.59. The molecule has 1 unspecified atom stereocenters. The highest BCUT2D eigenvalue weighted by Crippen LogP contribution is 2.16. The number of hydrogen-bond acceptors (Lipinski definition) is 4. The molecule has 0 saturated carbocycles. The van der Waals surface area contributed by atoms with E-state index in [-0.39, 0.29) is 6.04 Å². The third kappa shape index (κ3) is 3.13. The van der Waals surface area contributed by atoms with Gasteiger partial charge in [0.2, 0.25) is 0 Å². The highest BCUT2D eigenvalue weighted by atomic mass is 15.2. The maximum absolute atomic E-state index is 8.66. The van der Waals surface area contributed by atoms with E-state index in [1.54, 1.807) is 0 Å². The third-order valence-electron chi connectivity index (χ3n) is 2.50. The van der Waals surface area contributed by atoms with Gasteiger partial charge in [0.15, 0.2) is 0 Å². The molecule has 0 aliphatic rings. The van der Waals surface area contributed by atoms with Crippen molar-refractivity contribution in [2.75, 3.05) is 23.8 Å². The Morgan fingerprint density at radius 2 is 2.31 bits per heavy atom. The molecule has 86 valence electrons. The number of hydrogen-bond donors (Lipinski definition) is 1. The Labute approximate surface area is 96.9 Å². The van der Waals surface area contributed by atoms with Crippen molar-refractivity contribution in [1.82, 2.24) is 4.98 Å². The van der Waals surface area contributed by atoms with Gasteiger partial charge in [0, 0.05) is 19.6 Å². The van der Waals surface area contributed by atoms with Gasteiger partial charge in [-0.05, 0) is 26.0 Å². The van der Waals surface area contributed by atoms with Crippen LogP contribution < -0.4 is 10.2 Å². The van der Waals surface area contributed by atoms with Crippen LogP contribution in [0.25, 0.3) is 0 Å². The van der Waals surface area contributed by atoms with Crippen LogP contribution in [0.4, 0.5) is 11.6 Å². The molecule has 4 heteroatoms. The first kappa shape index (κ1) is 12.3. The fraction of sp³-hybridized carbons (Fsp3) is 0.500. The summed E-state index contributed by atoms with van der Waals surface area (Å²) < 4.78 is 0. The van der Waals surface area contributed by atoms with Crippen LogP contribution in [-0.2, 0) is 0 Å². The first-order valence-corrected chi connectivity index (χ1v) is 5.49. The SMILES string of the molecule is CCNc1cccc(N(C)C(C)CC#N)n1. The molecule has 0 radical (unpaired) electrons. The van der Waals surface area contributed by atoms with Crippen molar-refractivity contribution in [3.05, 3.63) is 18.2 Å². The summed E-state index contributed by atoms with van der Waals surface area (Å²) in [4.78, 5) is 6.49. The molecule has 0 amide bonds. The van der Waals surface area contributed by atoms with Crippen LogP contribution in [0.3, 0.4) is 0 Å². The number of anilines is 2. The fourth-order valence-electron chi connectivity index (χ4n) is 1.39. The van der Waals surface area contributed by atoms with Crippen molar-refractivity contribution in [2.24, 2.45) is 0 Å². The molecule has 0 aliphatic heterocycles. The van der Waals surface area contributed by atoms with Gasteiger partial charge in [0.1, 0.15) is 11.6 Å². The van der Waals surface area contributed by atoms with E-state index in [2.05, 4.69) is 16.4 Å². The van der Waals surface area contributed by atoms with Gasteiger partial charge in [0.05, 0.1) is 12.5 Å². The van der Waals surface area contributed by atoms with E-state index in [1.807, 2.05) is 44.0 Å².